The highest BCUT2D eigenvalue weighted by atomic mass is 16.3. The minimum atomic E-state index is 0.333. The molecule has 0 aliphatic rings. The highest BCUT2D eigenvalue weighted by Crippen LogP contribution is 2.37. The van der Waals surface area contributed by atoms with Crippen LogP contribution in [-0.2, 0) is 12.8 Å². The topological polar surface area (TPSA) is 40.5 Å². The average molecular weight is 298 g/mol. The van der Waals surface area contributed by atoms with E-state index in [9.17, 15) is 10.2 Å². The molecule has 2 aromatic carbocycles. The molecule has 2 nitrogen and oxygen atoms in total. The molecule has 0 saturated heterocycles. The summed E-state index contributed by atoms with van der Waals surface area (Å²) < 4.78 is 0. The fraction of sp³-hybridized carbons (Fsp3) is 0.400. The number of aromatic hydroxyl groups is 2. The summed E-state index contributed by atoms with van der Waals surface area (Å²) in [4.78, 5) is 0. The Labute approximate surface area is 133 Å². The van der Waals surface area contributed by atoms with Crippen molar-refractivity contribution >= 4 is 0 Å². The second kappa shape index (κ2) is 6.87. The second-order valence-corrected chi connectivity index (χ2v) is 6.05. The molecule has 0 aliphatic heterocycles. The van der Waals surface area contributed by atoms with E-state index in [2.05, 4.69) is 27.7 Å². The van der Waals surface area contributed by atoms with E-state index in [4.69, 9.17) is 0 Å². The number of hydrogen-bond donors (Lipinski definition) is 2. The Morgan fingerprint density at radius 2 is 1.09 bits per heavy atom. The van der Waals surface area contributed by atoms with Crippen LogP contribution in [0.25, 0.3) is 0 Å². The zero-order valence-electron chi connectivity index (χ0n) is 13.9. The molecule has 0 unspecified atom stereocenters. The molecule has 0 radical (unpaired) electrons. The first-order valence-electron chi connectivity index (χ1n) is 8.11. The van der Waals surface area contributed by atoms with Crippen LogP contribution in [0.1, 0.15) is 61.8 Å². The average Bonchev–Trinajstić information content (AvgIpc) is 2.53. The van der Waals surface area contributed by atoms with E-state index in [0.29, 0.717) is 23.3 Å². The minimum absolute atomic E-state index is 0.333. The first-order chi connectivity index (χ1) is 10.5. The maximum absolute atomic E-state index is 9.69. The van der Waals surface area contributed by atoms with E-state index in [-0.39, 0.29) is 0 Å². The molecule has 2 heteroatoms. The van der Waals surface area contributed by atoms with Crippen LogP contribution in [0.15, 0.2) is 36.4 Å². The van der Waals surface area contributed by atoms with E-state index in [0.717, 1.165) is 12.8 Å². The molecule has 0 aromatic heterocycles. The van der Waals surface area contributed by atoms with E-state index < -0.39 is 0 Å². The van der Waals surface area contributed by atoms with Gasteiger partial charge in [0.25, 0.3) is 0 Å². The normalized spacial score (nSPS) is 13.8. The molecule has 2 N–H and O–H groups in total. The van der Waals surface area contributed by atoms with Gasteiger partial charge in [0.2, 0.25) is 0 Å². The lowest BCUT2D eigenvalue weighted by Gasteiger charge is -2.25. The third-order valence-electron chi connectivity index (χ3n) is 4.75. The Kier molecular flexibility index (Phi) is 5.12. The molecule has 118 valence electrons. The van der Waals surface area contributed by atoms with Gasteiger partial charge in [-0.3, -0.25) is 0 Å². The summed E-state index contributed by atoms with van der Waals surface area (Å²) in [5, 5.41) is 19.4. The Bertz CT molecular complexity index is 589. The Balaban J connectivity index is 2.39. The molecule has 0 bridgehead atoms. The summed E-state index contributed by atoms with van der Waals surface area (Å²) in [5.74, 6) is 1.37. The highest BCUT2D eigenvalue weighted by Gasteiger charge is 2.21. The fourth-order valence-corrected chi connectivity index (χ4v) is 3.22. The molecular formula is C20H26O2. The SMILES string of the molecule is CCc1cc(O)ccc1[C@H](C)[C@@H](C)c1ccc(O)cc1CC. The first-order valence-corrected chi connectivity index (χ1v) is 8.11. The second-order valence-electron chi connectivity index (χ2n) is 6.05. The van der Waals surface area contributed by atoms with Gasteiger partial charge in [0.1, 0.15) is 11.5 Å². The lowest BCUT2D eigenvalue weighted by Crippen LogP contribution is -2.09. The van der Waals surface area contributed by atoms with Crippen LogP contribution in [0.4, 0.5) is 0 Å². The summed E-state index contributed by atoms with van der Waals surface area (Å²) in [6, 6.07) is 11.4. The van der Waals surface area contributed by atoms with Crippen molar-refractivity contribution in [1.29, 1.82) is 0 Å². The van der Waals surface area contributed by atoms with Crippen LogP contribution < -0.4 is 0 Å². The lowest BCUT2D eigenvalue weighted by atomic mass is 9.79. The number of rotatable bonds is 5. The van der Waals surface area contributed by atoms with Gasteiger partial charge >= 0.3 is 0 Å². The van der Waals surface area contributed by atoms with E-state index in [1.165, 1.54) is 22.3 Å². The van der Waals surface area contributed by atoms with Crippen molar-refractivity contribution < 1.29 is 10.2 Å². The largest absolute Gasteiger partial charge is 0.508 e. The number of hydrogen-bond acceptors (Lipinski definition) is 2. The smallest absolute Gasteiger partial charge is 0.115 e. The summed E-state index contributed by atoms with van der Waals surface area (Å²) in [7, 11) is 0. The first kappa shape index (κ1) is 16.4. The molecule has 2 rings (SSSR count). The van der Waals surface area contributed by atoms with E-state index >= 15 is 0 Å². The number of phenolic OH excluding ortho intramolecular Hbond substituents is 2. The van der Waals surface area contributed by atoms with Crippen molar-refractivity contribution in [3.63, 3.8) is 0 Å². The molecule has 0 amide bonds. The van der Waals surface area contributed by atoms with Crippen molar-refractivity contribution in [2.75, 3.05) is 0 Å². The minimum Gasteiger partial charge on any atom is -0.508 e. The van der Waals surface area contributed by atoms with Crippen LogP contribution in [0.3, 0.4) is 0 Å². The van der Waals surface area contributed by atoms with Crippen molar-refractivity contribution in [3.05, 3.63) is 58.7 Å². The van der Waals surface area contributed by atoms with Gasteiger partial charge in [-0.15, -0.1) is 0 Å². The molecule has 2 aromatic rings. The molecule has 0 aliphatic carbocycles. The van der Waals surface area contributed by atoms with Crippen LogP contribution in [-0.4, -0.2) is 10.2 Å². The van der Waals surface area contributed by atoms with Crippen molar-refractivity contribution in [2.45, 2.75) is 52.4 Å². The van der Waals surface area contributed by atoms with Gasteiger partial charge in [-0.1, -0.05) is 39.8 Å². The van der Waals surface area contributed by atoms with Gasteiger partial charge in [-0.25, -0.2) is 0 Å². The predicted octanol–water partition coefficient (Wildman–Crippen LogP) is 5.13. The number of phenols is 2. The van der Waals surface area contributed by atoms with Gasteiger partial charge in [0.05, 0.1) is 0 Å². The van der Waals surface area contributed by atoms with E-state index in [1.807, 2.05) is 24.3 Å². The van der Waals surface area contributed by atoms with Crippen LogP contribution in [0.5, 0.6) is 11.5 Å². The van der Waals surface area contributed by atoms with Gasteiger partial charge in [-0.05, 0) is 71.2 Å². The summed E-state index contributed by atoms with van der Waals surface area (Å²) >= 11 is 0. The summed E-state index contributed by atoms with van der Waals surface area (Å²) in [5.41, 5.74) is 5.00. The van der Waals surface area contributed by atoms with Crippen molar-refractivity contribution in [2.24, 2.45) is 0 Å². The maximum atomic E-state index is 9.69. The van der Waals surface area contributed by atoms with Gasteiger partial charge < -0.3 is 10.2 Å². The Hall–Kier alpha value is -1.96. The molecule has 0 heterocycles. The quantitative estimate of drug-likeness (QED) is 0.803. The molecule has 0 spiro atoms. The van der Waals surface area contributed by atoms with Gasteiger partial charge in [0.15, 0.2) is 0 Å². The highest BCUT2D eigenvalue weighted by molar-refractivity contribution is 5.42. The molecule has 22 heavy (non-hydrogen) atoms. The van der Waals surface area contributed by atoms with E-state index in [1.54, 1.807) is 12.1 Å². The summed E-state index contributed by atoms with van der Waals surface area (Å²) in [6.07, 6.45) is 1.83. The Morgan fingerprint density at radius 1 is 0.727 bits per heavy atom. The van der Waals surface area contributed by atoms with Crippen LogP contribution >= 0.6 is 0 Å². The standard InChI is InChI=1S/C20H26O2/c1-5-15-11-17(21)7-9-19(15)13(3)14(4)20-10-8-18(22)12-16(20)6-2/h7-14,21-22H,5-6H2,1-4H3/t13-,14-/m1/s1. The monoisotopic (exact) mass is 298 g/mol. The molecule has 0 fully saturated rings. The van der Waals surface area contributed by atoms with Crippen molar-refractivity contribution in [3.8, 4) is 11.5 Å². The predicted molar refractivity (Wildman–Crippen MR) is 91.8 cm³/mol. The molecular weight excluding hydrogens is 272 g/mol. The van der Waals surface area contributed by atoms with Gasteiger partial charge in [-0.2, -0.15) is 0 Å². The van der Waals surface area contributed by atoms with Crippen LogP contribution in [0, 0.1) is 0 Å². The van der Waals surface area contributed by atoms with Crippen LogP contribution in [0.2, 0.25) is 0 Å². The summed E-state index contributed by atoms with van der Waals surface area (Å²) in [6.45, 7) is 8.71. The molecule has 2 atom stereocenters. The third kappa shape index (κ3) is 3.27. The zero-order chi connectivity index (χ0) is 16.3. The number of aryl methyl sites for hydroxylation is 2. The Morgan fingerprint density at radius 3 is 1.41 bits per heavy atom. The number of benzene rings is 2. The third-order valence-corrected chi connectivity index (χ3v) is 4.75. The maximum Gasteiger partial charge on any atom is 0.115 e. The zero-order valence-corrected chi connectivity index (χ0v) is 13.9. The van der Waals surface area contributed by atoms with Gasteiger partial charge in [0, 0.05) is 0 Å². The fourth-order valence-electron chi connectivity index (χ4n) is 3.22. The van der Waals surface area contributed by atoms with Crippen molar-refractivity contribution in [1.82, 2.24) is 0 Å². The lowest BCUT2D eigenvalue weighted by molar-refractivity contribution is 0.472. The molecule has 0 saturated carbocycles.